The van der Waals surface area contributed by atoms with E-state index in [1.54, 1.807) is 13.1 Å². The van der Waals surface area contributed by atoms with E-state index in [1.807, 2.05) is 12.1 Å². The molecule has 1 aliphatic heterocycles. The highest BCUT2D eigenvalue weighted by atomic mass is 32.1. The van der Waals surface area contributed by atoms with Gasteiger partial charge < -0.3 is 25.8 Å². The fraction of sp³-hybridized carbons (Fsp3) is 0.312. The normalized spacial score (nSPS) is 15.9. The van der Waals surface area contributed by atoms with Gasteiger partial charge in [0, 0.05) is 19.4 Å². The molecule has 0 saturated heterocycles. The molecule has 2 aromatic rings. The number of hydrogen-bond acceptors (Lipinski definition) is 7. The summed E-state index contributed by atoms with van der Waals surface area (Å²) in [6.07, 6.45) is 0.322. The van der Waals surface area contributed by atoms with Crippen molar-refractivity contribution >= 4 is 34.1 Å². The summed E-state index contributed by atoms with van der Waals surface area (Å²) < 4.78 is 10.7. The van der Waals surface area contributed by atoms with E-state index in [-0.39, 0.29) is 18.4 Å². The number of nitrogens with one attached hydrogen (secondary N) is 2. The highest BCUT2D eigenvalue weighted by Crippen LogP contribution is 2.43. The predicted octanol–water partition coefficient (Wildman–Crippen LogP) is 1.53. The van der Waals surface area contributed by atoms with Crippen molar-refractivity contribution in [3.8, 4) is 11.5 Å². The van der Waals surface area contributed by atoms with Crippen LogP contribution in [-0.2, 0) is 9.59 Å². The number of hydrogen-bond donors (Lipinski definition) is 3. The largest absolute Gasteiger partial charge is 0.493 e. The van der Waals surface area contributed by atoms with Crippen molar-refractivity contribution in [1.82, 2.24) is 4.98 Å². The molecule has 2 amide bonds. The van der Waals surface area contributed by atoms with Crippen molar-refractivity contribution in [2.24, 2.45) is 5.73 Å². The molecule has 1 aliphatic rings. The van der Waals surface area contributed by atoms with Crippen molar-refractivity contribution in [2.45, 2.75) is 12.3 Å². The number of benzene rings is 1. The summed E-state index contributed by atoms with van der Waals surface area (Å²) >= 11 is 1.50. The first-order valence-electron chi connectivity index (χ1n) is 7.59. The second-order valence-electron chi connectivity index (χ2n) is 5.45. The minimum absolute atomic E-state index is 0.0847. The van der Waals surface area contributed by atoms with Gasteiger partial charge in [0.25, 0.3) is 5.91 Å². The molecule has 0 radical (unpaired) electrons. The second kappa shape index (κ2) is 6.98. The summed E-state index contributed by atoms with van der Waals surface area (Å²) in [7, 11) is 3.30. The van der Waals surface area contributed by atoms with Crippen LogP contribution >= 0.6 is 11.3 Å². The topological polar surface area (TPSA) is 116 Å². The average molecular weight is 362 g/mol. The quantitative estimate of drug-likeness (QED) is 0.718. The lowest BCUT2D eigenvalue weighted by atomic mass is 9.91. The third kappa shape index (κ3) is 3.50. The highest BCUT2D eigenvalue weighted by Gasteiger charge is 2.30. The molecule has 0 bridgehead atoms. The molecular formula is C16H18N4O4S. The first-order valence-corrected chi connectivity index (χ1v) is 8.40. The molecule has 8 nitrogen and oxygen atoms in total. The number of carbonyl (C=O) groups excluding carboxylic acids is 2. The molecule has 1 atom stereocenters. The lowest BCUT2D eigenvalue weighted by Crippen LogP contribution is -2.22. The number of rotatable bonds is 6. The lowest BCUT2D eigenvalue weighted by molar-refractivity contribution is -0.120. The van der Waals surface area contributed by atoms with Gasteiger partial charge in [-0.2, -0.15) is 0 Å². The Bertz CT molecular complexity index is 820. The zero-order valence-electron chi connectivity index (χ0n) is 13.8. The summed E-state index contributed by atoms with van der Waals surface area (Å²) in [4.78, 5) is 28.3. The van der Waals surface area contributed by atoms with Crippen LogP contribution in [-0.4, -0.2) is 37.6 Å². The molecule has 0 aliphatic carbocycles. The maximum Gasteiger partial charge on any atom is 0.255 e. The van der Waals surface area contributed by atoms with Crippen molar-refractivity contribution in [1.29, 1.82) is 0 Å². The highest BCUT2D eigenvalue weighted by molar-refractivity contribution is 7.16. The zero-order chi connectivity index (χ0) is 18.0. The number of nitrogens with zero attached hydrogens (tertiary/aromatic N) is 1. The van der Waals surface area contributed by atoms with E-state index < -0.39 is 5.91 Å². The second-order valence-corrected chi connectivity index (χ2v) is 6.48. The third-order valence-corrected chi connectivity index (χ3v) is 4.98. The molecule has 1 aromatic carbocycles. The Labute approximate surface area is 148 Å². The number of methoxy groups -OCH3 is 1. The van der Waals surface area contributed by atoms with Crippen LogP contribution in [0.1, 0.15) is 22.8 Å². The van der Waals surface area contributed by atoms with Gasteiger partial charge in [0.05, 0.1) is 12.0 Å². The summed E-state index contributed by atoms with van der Waals surface area (Å²) in [6.45, 7) is -0.230. The first-order chi connectivity index (χ1) is 12.0. The van der Waals surface area contributed by atoms with Gasteiger partial charge in [0.2, 0.25) is 5.91 Å². The van der Waals surface area contributed by atoms with Crippen LogP contribution in [0.3, 0.4) is 0 Å². The van der Waals surface area contributed by atoms with Gasteiger partial charge in [-0.05, 0) is 17.7 Å². The number of primary amides is 1. The molecule has 9 heteroatoms. The van der Waals surface area contributed by atoms with Crippen LogP contribution in [0.5, 0.6) is 11.5 Å². The molecule has 25 heavy (non-hydrogen) atoms. The molecule has 0 saturated carbocycles. The maximum atomic E-state index is 12.0. The number of amides is 2. The average Bonchev–Trinajstić information content (AvgIpc) is 3.01. The molecule has 3 rings (SSSR count). The number of nitrogens with two attached hydrogens (primary N) is 1. The lowest BCUT2D eigenvalue weighted by Gasteiger charge is -2.22. The van der Waals surface area contributed by atoms with Gasteiger partial charge in [-0.1, -0.05) is 17.4 Å². The van der Waals surface area contributed by atoms with Gasteiger partial charge in [-0.15, -0.1) is 0 Å². The van der Waals surface area contributed by atoms with Crippen LogP contribution in [0.4, 0.5) is 10.9 Å². The predicted molar refractivity (Wildman–Crippen MR) is 94.4 cm³/mol. The van der Waals surface area contributed by atoms with Crippen molar-refractivity contribution in [3.05, 3.63) is 28.6 Å². The standard InChI is InChI=1S/C16H18N4O4S/c1-18-16-20-15-14(25-16)9(6-13(22)19-15)8-3-4-10(11(5-8)23-2)24-7-12(17)21/h3-5,9H,6-7H2,1-2H3,(H2,17,21)(H,18,20)(H,19,22). The zero-order valence-corrected chi connectivity index (χ0v) is 14.6. The van der Waals surface area contributed by atoms with Gasteiger partial charge >= 0.3 is 0 Å². The fourth-order valence-electron chi connectivity index (χ4n) is 2.66. The number of aromatic nitrogens is 1. The van der Waals surface area contributed by atoms with Crippen molar-refractivity contribution in [2.75, 3.05) is 31.4 Å². The maximum absolute atomic E-state index is 12.0. The van der Waals surface area contributed by atoms with Crippen LogP contribution in [0, 0.1) is 0 Å². The van der Waals surface area contributed by atoms with Crippen molar-refractivity contribution in [3.63, 3.8) is 0 Å². The van der Waals surface area contributed by atoms with Crippen LogP contribution in [0.2, 0.25) is 0 Å². The Morgan fingerprint density at radius 1 is 1.48 bits per heavy atom. The van der Waals surface area contributed by atoms with Gasteiger partial charge in [-0.3, -0.25) is 9.59 Å². The Morgan fingerprint density at radius 3 is 2.96 bits per heavy atom. The molecule has 4 N–H and O–H groups in total. The number of carbonyl (C=O) groups is 2. The number of thiazole rings is 1. The van der Waals surface area contributed by atoms with E-state index in [0.29, 0.717) is 23.7 Å². The van der Waals surface area contributed by atoms with Gasteiger partial charge in [0.15, 0.2) is 23.2 Å². The SMILES string of the molecule is CNc1nc2c(s1)C(c1ccc(OCC(N)=O)c(OC)c1)CC(=O)N2. The first kappa shape index (κ1) is 17.0. The third-order valence-electron chi connectivity index (χ3n) is 3.79. The fourth-order valence-corrected chi connectivity index (χ4v) is 3.67. The molecule has 132 valence electrons. The van der Waals surface area contributed by atoms with Crippen LogP contribution < -0.4 is 25.8 Å². The van der Waals surface area contributed by atoms with Crippen molar-refractivity contribution < 1.29 is 19.1 Å². The number of fused-ring (bicyclic) bond motifs is 1. The summed E-state index contributed by atoms with van der Waals surface area (Å²) in [6, 6.07) is 5.37. The smallest absolute Gasteiger partial charge is 0.255 e. The molecule has 1 aromatic heterocycles. The Kier molecular flexibility index (Phi) is 4.75. The van der Waals surface area contributed by atoms with E-state index in [1.165, 1.54) is 18.4 Å². The summed E-state index contributed by atoms with van der Waals surface area (Å²) in [5.41, 5.74) is 6.01. The summed E-state index contributed by atoms with van der Waals surface area (Å²) in [5.74, 6) is 0.712. The number of ether oxygens (including phenoxy) is 2. The van der Waals surface area contributed by atoms with E-state index in [0.717, 1.165) is 15.6 Å². The Morgan fingerprint density at radius 2 is 2.28 bits per heavy atom. The van der Waals surface area contributed by atoms with Crippen LogP contribution in [0.25, 0.3) is 0 Å². The van der Waals surface area contributed by atoms with E-state index in [4.69, 9.17) is 15.2 Å². The minimum atomic E-state index is -0.566. The van der Waals surface area contributed by atoms with E-state index in [9.17, 15) is 9.59 Å². The minimum Gasteiger partial charge on any atom is -0.493 e. The Hall–Kier alpha value is -2.81. The number of anilines is 2. The molecule has 0 spiro atoms. The van der Waals surface area contributed by atoms with Crippen LogP contribution in [0.15, 0.2) is 18.2 Å². The van der Waals surface area contributed by atoms with E-state index in [2.05, 4.69) is 15.6 Å². The molecule has 0 fully saturated rings. The van der Waals surface area contributed by atoms with E-state index >= 15 is 0 Å². The monoisotopic (exact) mass is 362 g/mol. The molecule has 2 heterocycles. The summed E-state index contributed by atoms with van der Waals surface area (Å²) in [5, 5.41) is 6.54. The van der Waals surface area contributed by atoms with Gasteiger partial charge in [0.1, 0.15) is 5.82 Å². The van der Waals surface area contributed by atoms with Gasteiger partial charge in [-0.25, -0.2) is 4.98 Å². The molecule has 1 unspecified atom stereocenters. The molecular weight excluding hydrogens is 344 g/mol. The Balaban J connectivity index is 1.95.